The first-order valence-corrected chi connectivity index (χ1v) is 13.4. The van der Waals surface area contributed by atoms with E-state index in [1.54, 1.807) is 55.5 Å². The zero-order chi connectivity index (χ0) is 30.7. The van der Waals surface area contributed by atoms with Crippen LogP contribution in [0.2, 0.25) is 0 Å². The van der Waals surface area contributed by atoms with Crippen molar-refractivity contribution >= 4 is 17.7 Å². The fourth-order valence-corrected chi connectivity index (χ4v) is 6.79. The zero-order valence-corrected chi connectivity index (χ0v) is 23.7. The number of ether oxygens (including phenoxy) is 2. The van der Waals surface area contributed by atoms with Crippen molar-refractivity contribution in [1.82, 2.24) is 4.98 Å². The maximum Gasteiger partial charge on any atom is 0.406 e. The number of anilines is 1. The SMILES string of the molecule is CC(C)(C)C1[C@@](OC(N)=O)(c2ccc(-c3nc4c(cc3-c3ccccc3)N(CC(F)(F)F)C(=O)CO4)cc2)C[C@@]1(C)O. The lowest BCUT2D eigenvalue weighted by Crippen LogP contribution is -2.68. The van der Waals surface area contributed by atoms with Crippen LogP contribution >= 0.6 is 0 Å². The minimum absolute atomic E-state index is 0.0682. The second kappa shape index (κ2) is 10.0. The summed E-state index contributed by atoms with van der Waals surface area (Å²) < 4.78 is 51.3. The van der Waals surface area contributed by atoms with E-state index in [9.17, 15) is 27.9 Å². The van der Waals surface area contributed by atoms with Crippen LogP contribution in [0.15, 0.2) is 60.7 Å². The van der Waals surface area contributed by atoms with Gasteiger partial charge in [-0.2, -0.15) is 13.2 Å². The van der Waals surface area contributed by atoms with Gasteiger partial charge in [0.05, 0.1) is 11.3 Å². The fourth-order valence-electron chi connectivity index (χ4n) is 6.79. The van der Waals surface area contributed by atoms with Crippen LogP contribution in [-0.2, 0) is 15.1 Å². The van der Waals surface area contributed by atoms with E-state index in [-0.39, 0.29) is 18.0 Å². The highest BCUT2D eigenvalue weighted by Crippen LogP contribution is 2.62. The average molecular weight is 584 g/mol. The number of pyridine rings is 1. The Hall–Kier alpha value is -4.12. The largest absolute Gasteiger partial charge is 0.466 e. The number of alkyl halides is 3. The molecule has 0 radical (unpaired) electrons. The van der Waals surface area contributed by atoms with Crippen LogP contribution in [0.5, 0.6) is 5.88 Å². The Bertz CT molecular complexity index is 1510. The number of halogens is 3. The highest BCUT2D eigenvalue weighted by atomic mass is 19.4. The molecule has 0 bridgehead atoms. The highest BCUT2D eigenvalue weighted by molar-refractivity contribution is 5.99. The van der Waals surface area contributed by atoms with Gasteiger partial charge in [0, 0.05) is 23.5 Å². The van der Waals surface area contributed by atoms with Gasteiger partial charge in [-0.1, -0.05) is 75.4 Å². The molecule has 0 spiro atoms. The molecule has 1 saturated carbocycles. The van der Waals surface area contributed by atoms with Crippen LogP contribution < -0.4 is 15.4 Å². The molecule has 8 nitrogen and oxygen atoms in total. The number of carbonyl (C=O) groups excluding carboxylic acids is 2. The molecule has 5 rings (SSSR count). The number of hydrogen-bond donors (Lipinski definition) is 2. The van der Waals surface area contributed by atoms with Crippen molar-refractivity contribution in [2.45, 2.75) is 51.5 Å². The number of nitrogens with zero attached hydrogens (tertiary/aromatic N) is 2. The van der Waals surface area contributed by atoms with Crippen LogP contribution in [-0.4, -0.2) is 47.0 Å². The molecular weight excluding hydrogens is 551 g/mol. The van der Waals surface area contributed by atoms with Crippen LogP contribution in [0, 0.1) is 11.3 Å². The number of aromatic nitrogens is 1. The molecule has 3 aromatic rings. The summed E-state index contributed by atoms with van der Waals surface area (Å²) in [6, 6.07) is 17.5. The van der Waals surface area contributed by atoms with Gasteiger partial charge in [-0.15, -0.1) is 0 Å². The Kier molecular flexibility index (Phi) is 7.00. The smallest absolute Gasteiger partial charge is 0.406 e. The van der Waals surface area contributed by atoms with Gasteiger partial charge in [-0.05, 0) is 29.5 Å². The number of aliphatic hydroxyl groups is 1. The molecule has 0 saturated heterocycles. The number of rotatable bonds is 5. The molecule has 3 atom stereocenters. The zero-order valence-electron chi connectivity index (χ0n) is 23.7. The molecule has 1 aliphatic heterocycles. The van der Waals surface area contributed by atoms with Crippen LogP contribution in [0.25, 0.3) is 22.4 Å². The van der Waals surface area contributed by atoms with Gasteiger partial charge in [0.2, 0.25) is 5.88 Å². The van der Waals surface area contributed by atoms with E-state index in [0.29, 0.717) is 32.8 Å². The molecule has 3 N–H and O–H groups in total. The van der Waals surface area contributed by atoms with Crippen molar-refractivity contribution in [3.63, 3.8) is 0 Å². The molecule has 2 heterocycles. The number of nitrogens with two attached hydrogens (primary N) is 1. The molecular formula is C31H32F3N3O5. The summed E-state index contributed by atoms with van der Waals surface area (Å²) >= 11 is 0. The van der Waals surface area contributed by atoms with Crippen LogP contribution in [0.4, 0.5) is 23.7 Å². The minimum atomic E-state index is -4.62. The summed E-state index contributed by atoms with van der Waals surface area (Å²) in [4.78, 5) is 29.7. The van der Waals surface area contributed by atoms with Crippen molar-refractivity contribution in [3.05, 3.63) is 66.2 Å². The number of hydrogen-bond acceptors (Lipinski definition) is 6. The maximum absolute atomic E-state index is 13.4. The standard InChI is InChI=1S/C31H32F3N3O5/c1-28(2,3)26-29(4,40)16-30(26,42-27(35)39)20-12-10-19(11-13-20)24-21(18-8-6-5-7-9-18)14-22-25(36-24)41-15-23(38)37(22)17-31(32,33)34/h5-14,26,40H,15-17H2,1-4H3,(H2,35,39)/t26?,29-,30+/m1/s1. The van der Waals surface area contributed by atoms with Gasteiger partial charge in [0.15, 0.2) is 6.61 Å². The van der Waals surface area contributed by atoms with Gasteiger partial charge in [-0.25, -0.2) is 9.78 Å². The monoisotopic (exact) mass is 583 g/mol. The second-order valence-electron chi connectivity index (χ2n) is 12.2. The molecule has 2 amide bonds. The maximum atomic E-state index is 13.4. The summed E-state index contributed by atoms with van der Waals surface area (Å²) in [5, 5.41) is 11.1. The third-order valence-electron chi connectivity index (χ3n) is 7.82. The molecule has 222 valence electrons. The number of amides is 2. The molecule has 1 unspecified atom stereocenters. The van der Waals surface area contributed by atoms with Crippen LogP contribution in [0.1, 0.15) is 39.7 Å². The van der Waals surface area contributed by atoms with E-state index in [1.165, 1.54) is 6.07 Å². The molecule has 1 aromatic heterocycles. The fraction of sp³-hybridized carbons (Fsp3) is 0.387. The van der Waals surface area contributed by atoms with Gasteiger partial charge >= 0.3 is 12.3 Å². The summed E-state index contributed by atoms with van der Waals surface area (Å²) in [5.41, 5.74) is 5.52. The normalized spacial score (nSPS) is 24.0. The van der Waals surface area contributed by atoms with E-state index in [1.807, 2.05) is 26.8 Å². The van der Waals surface area contributed by atoms with Crippen molar-refractivity contribution in [2.75, 3.05) is 18.1 Å². The average Bonchev–Trinajstić information content (AvgIpc) is 2.87. The van der Waals surface area contributed by atoms with Gasteiger partial charge in [0.1, 0.15) is 17.8 Å². The lowest BCUT2D eigenvalue weighted by molar-refractivity contribution is -0.265. The van der Waals surface area contributed by atoms with E-state index in [2.05, 4.69) is 4.98 Å². The number of carbonyl (C=O) groups is 2. The number of primary amides is 1. The lowest BCUT2D eigenvalue weighted by atomic mass is 9.48. The Morgan fingerprint density at radius 2 is 1.76 bits per heavy atom. The second-order valence-corrected chi connectivity index (χ2v) is 12.2. The number of benzene rings is 2. The first-order valence-electron chi connectivity index (χ1n) is 13.4. The Morgan fingerprint density at radius 3 is 2.31 bits per heavy atom. The van der Waals surface area contributed by atoms with Gasteiger partial charge < -0.3 is 20.3 Å². The minimum Gasteiger partial charge on any atom is -0.466 e. The van der Waals surface area contributed by atoms with Crippen LogP contribution in [0.3, 0.4) is 0 Å². The lowest BCUT2D eigenvalue weighted by Gasteiger charge is -2.62. The van der Waals surface area contributed by atoms with E-state index in [0.717, 1.165) is 0 Å². The first-order chi connectivity index (χ1) is 19.5. The van der Waals surface area contributed by atoms with Crippen molar-refractivity contribution in [1.29, 1.82) is 0 Å². The number of fused-ring (bicyclic) bond motifs is 1. The van der Waals surface area contributed by atoms with Gasteiger partial charge in [-0.3, -0.25) is 9.69 Å². The van der Waals surface area contributed by atoms with E-state index in [4.69, 9.17) is 15.2 Å². The van der Waals surface area contributed by atoms with Crippen molar-refractivity contribution < 1.29 is 37.3 Å². The molecule has 2 aromatic carbocycles. The summed E-state index contributed by atoms with van der Waals surface area (Å²) in [5.74, 6) is -1.38. The predicted octanol–water partition coefficient (Wildman–Crippen LogP) is 5.81. The molecule has 1 aliphatic carbocycles. The van der Waals surface area contributed by atoms with E-state index < -0.39 is 53.9 Å². The predicted molar refractivity (Wildman–Crippen MR) is 150 cm³/mol. The third-order valence-corrected chi connectivity index (χ3v) is 7.82. The summed E-state index contributed by atoms with van der Waals surface area (Å²) in [7, 11) is 0. The molecule has 11 heteroatoms. The Morgan fingerprint density at radius 1 is 1.12 bits per heavy atom. The molecule has 1 fully saturated rings. The van der Waals surface area contributed by atoms with Gasteiger partial charge in [0.25, 0.3) is 5.91 Å². The summed E-state index contributed by atoms with van der Waals surface area (Å²) in [6.07, 6.45) is -5.43. The quantitative estimate of drug-likeness (QED) is 0.392. The van der Waals surface area contributed by atoms with Crippen molar-refractivity contribution in [3.8, 4) is 28.3 Å². The van der Waals surface area contributed by atoms with Crippen molar-refractivity contribution in [2.24, 2.45) is 17.1 Å². The Balaban J connectivity index is 1.62. The third kappa shape index (κ3) is 5.29. The highest BCUT2D eigenvalue weighted by Gasteiger charge is 2.67. The Labute approximate surface area is 241 Å². The molecule has 2 aliphatic rings. The first kappa shape index (κ1) is 29.4. The summed E-state index contributed by atoms with van der Waals surface area (Å²) in [6.45, 7) is 5.53. The topological polar surface area (TPSA) is 115 Å². The van der Waals surface area contributed by atoms with E-state index >= 15 is 0 Å². The molecule has 42 heavy (non-hydrogen) atoms.